The smallest absolute Gasteiger partial charge is 0.270 e. The molecule has 8 nitrogen and oxygen atoms in total. The molecule has 11 heteroatoms. The number of nitro benzene ring substituents is 1. The second-order valence-corrected chi connectivity index (χ2v) is 7.52. The van der Waals surface area contributed by atoms with E-state index in [1.54, 1.807) is 0 Å². The van der Waals surface area contributed by atoms with Crippen molar-refractivity contribution in [2.45, 2.75) is 0 Å². The summed E-state index contributed by atoms with van der Waals surface area (Å²) >= 11 is 10.1. The van der Waals surface area contributed by atoms with Crippen molar-refractivity contribution in [1.29, 1.82) is 0 Å². The number of hydrazone groups is 1. The Kier molecular flexibility index (Phi) is 7.12. The van der Waals surface area contributed by atoms with Crippen molar-refractivity contribution in [2.75, 3.05) is 11.9 Å². The normalized spacial score (nSPS) is 10.7. The number of rotatable bonds is 6. The average Bonchev–Trinajstić information content (AvgIpc) is 2.55. The molecule has 2 aromatic rings. The van der Waals surface area contributed by atoms with Crippen molar-refractivity contribution < 1.29 is 14.8 Å². The Balaban J connectivity index is 1.96. The molecule has 0 aliphatic carbocycles. The van der Waals surface area contributed by atoms with Gasteiger partial charge in [-0.05, 0) is 50.1 Å². The molecule has 0 fully saturated rings. The molecule has 0 aliphatic rings. The van der Waals surface area contributed by atoms with Crippen LogP contribution in [-0.2, 0) is 4.79 Å². The van der Waals surface area contributed by atoms with Gasteiger partial charge in [0, 0.05) is 31.1 Å². The van der Waals surface area contributed by atoms with Crippen LogP contribution >= 0.6 is 47.8 Å². The van der Waals surface area contributed by atoms with Crippen LogP contribution in [0.1, 0.15) is 5.56 Å². The summed E-state index contributed by atoms with van der Waals surface area (Å²) in [7, 11) is 0. The highest BCUT2D eigenvalue weighted by atomic mass is 79.9. The van der Waals surface area contributed by atoms with Gasteiger partial charge in [0.1, 0.15) is 5.75 Å². The molecule has 1 amide bonds. The molecule has 136 valence electrons. The number of benzene rings is 2. The number of amides is 1. The number of phenols is 1. The van der Waals surface area contributed by atoms with Gasteiger partial charge in [0.05, 0.1) is 23.4 Å². The Hall–Kier alpha value is -1.98. The lowest BCUT2D eigenvalue weighted by Gasteiger charge is -2.10. The SMILES string of the molecule is O=C(CNc1c(Br)cc(Br)cc1Br)N/N=C\c1cc([N+](=O)[O-])ccc1O. The summed E-state index contributed by atoms with van der Waals surface area (Å²) < 4.78 is 2.39. The molecule has 0 bridgehead atoms. The first-order valence-corrected chi connectivity index (χ1v) is 9.33. The van der Waals surface area contributed by atoms with E-state index in [-0.39, 0.29) is 23.5 Å². The first-order chi connectivity index (χ1) is 12.3. The lowest BCUT2D eigenvalue weighted by atomic mass is 10.2. The lowest BCUT2D eigenvalue weighted by molar-refractivity contribution is -0.384. The Labute approximate surface area is 173 Å². The van der Waals surface area contributed by atoms with E-state index in [9.17, 15) is 20.0 Å². The highest BCUT2D eigenvalue weighted by molar-refractivity contribution is 9.11. The highest BCUT2D eigenvalue weighted by Gasteiger charge is 2.10. The number of phenolic OH excluding ortho intramolecular Hbond substituents is 1. The third kappa shape index (κ3) is 5.51. The van der Waals surface area contributed by atoms with Crippen molar-refractivity contribution in [3.8, 4) is 5.75 Å². The molecule has 0 saturated heterocycles. The van der Waals surface area contributed by atoms with E-state index >= 15 is 0 Å². The molecule has 26 heavy (non-hydrogen) atoms. The predicted molar refractivity (Wildman–Crippen MR) is 109 cm³/mol. The molecular weight excluding hydrogens is 540 g/mol. The van der Waals surface area contributed by atoms with Crippen LogP contribution in [0.4, 0.5) is 11.4 Å². The standard InChI is InChI=1S/C15H11Br3N4O4/c16-9-4-11(17)15(12(18)5-9)19-7-14(24)21-20-6-8-3-10(22(25)26)1-2-13(8)23/h1-6,19,23H,7H2,(H,21,24)/b20-6-. The quantitative estimate of drug-likeness (QED) is 0.284. The summed E-state index contributed by atoms with van der Waals surface area (Å²) in [6.07, 6.45) is 1.13. The average molecular weight is 551 g/mol. The fourth-order valence-electron chi connectivity index (χ4n) is 1.85. The van der Waals surface area contributed by atoms with Gasteiger partial charge in [0.15, 0.2) is 0 Å². The Bertz CT molecular complexity index is 866. The van der Waals surface area contributed by atoms with Gasteiger partial charge >= 0.3 is 0 Å². The van der Waals surface area contributed by atoms with Gasteiger partial charge in [0.2, 0.25) is 0 Å². The number of nitrogens with one attached hydrogen (secondary N) is 2. The number of nitro groups is 1. The fraction of sp³-hybridized carbons (Fsp3) is 0.0667. The van der Waals surface area contributed by atoms with Crippen LogP contribution in [0.5, 0.6) is 5.75 Å². The molecule has 0 aromatic heterocycles. The molecular formula is C15H11Br3N4O4. The van der Waals surface area contributed by atoms with Crippen molar-refractivity contribution in [3.05, 3.63) is 59.4 Å². The van der Waals surface area contributed by atoms with Gasteiger partial charge in [-0.3, -0.25) is 14.9 Å². The molecule has 3 N–H and O–H groups in total. The maximum Gasteiger partial charge on any atom is 0.270 e. The number of non-ortho nitro benzene ring substituents is 1. The molecule has 2 aromatic carbocycles. The molecule has 0 radical (unpaired) electrons. The van der Waals surface area contributed by atoms with Crippen LogP contribution < -0.4 is 10.7 Å². The van der Waals surface area contributed by atoms with E-state index in [0.29, 0.717) is 5.69 Å². The van der Waals surface area contributed by atoms with Crippen LogP contribution in [0.2, 0.25) is 0 Å². The third-order valence-corrected chi connectivity index (χ3v) is 4.76. The molecule has 2 rings (SSSR count). The molecule has 0 heterocycles. The molecule has 0 saturated carbocycles. The van der Waals surface area contributed by atoms with Crippen molar-refractivity contribution in [1.82, 2.24) is 5.43 Å². The van der Waals surface area contributed by atoms with Crippen LogP contribution in [0.15, 0.2) is 48.9 Å². The van der Waals surface area contributed by atoms with Crippen molar-refractivity contribution in [3.63, 3.8) is 0 Å². The van der Waals surface area contributed by atoms with Gasteiger partial charge < -0.3 is 10.4 Å². The summed E-state index contributed by atoms with van der Waals surface area (Å²) in [5, 5.41) is 27.0. The number of aromatic hydroxyl groups is 1. The maximum absolute atomic E-state index is 11.9. The summed E-state index contributed by atoms with van der Waals surface area (Å²) in [4.78, 5) is 22.0. The van der Waals surface area contributed by atoms with E-state index < -0.39 is 10.8 Å². The fourth-order valence-corrected chi connectivity index (χ4v) is 4.39. The van der Waals surface area contributed by atoms with Crippen LogP contribution in [0.25, 0.3) is 0 Å². The van der Waals surface area contributed by atoms with E-state index in [1.807, 2.05) is 12.1 Å². The Morgan fingerprint density at radius 2 is 1.88 bits per heavy atom. The number of nitrogens with zero attached hydrogens (tertiary/aromatic N) is 2. The summed E-state index contributed by atoms with van der Waals surface area (Å²) in [6, 6.07) is 7.16. The summed E-state index contributed by atoms with van der Waals surface area (Å²) in [6.45, 7) is -0.0584. The van der Waals surface area contributed by atoms with Crippen LogP contribution in [0.3, 0.4) is 0 Å². The zero-order valence-electron chi connectivity index (χ0n) is 12.9. The van der Waals surface area contributed by atoms with Crippen LogP contribution in [0, 0.1) is 10.1 Å². The van der Waals surface area contributed by atoms with Crippen LogP contribution in [-0.4, -0.2) is 28.7 Å². The van der Waals surface area contributed by atoms with E-state index in [2.05, 4.69) is 63.6 Å². The summed E-state index contributed by atoms with van der Waals surface area (Å²) in [5.41, 5.74) is 2.90. The number of carbonyl (C=O) groups excluding carboxylic acids is 1. The van der Waals surface area contributed by atoms with Gasteiger partial charge in [-0.2, -0.15) is 5.10 Å². The minimum atomic E-state index is -0.590. The van der Waals surface area contributed by atoms with Crippen molar-refractivity contribution >= 4 is 71.3 Å². The predicted octanol–water partition coefficient (Wildman–Crippen LogP) is 4.15. The van der Waals surface area contributed by atoms with Gasteiger partial charge in [-0.15, -0.1) is 0 Å². The van der Waals surface area contributed by atoms with E-state index in [1.165, 1.54) is 12.1 Å². The van der Waals surface area contributed by atoms with Crippen molar-refractivity contribution in [2.24, 2.45) is 5.10 Å². The second kappa shape index (κ2) is 9.10. The number of anilines is 1. The highest BCUT2D eigenvalue weighted by Crippen LogP contribution is 2.34. The molecule has 0 atom stereocenters. The largest absolute Gasteiger partial charge is 0.507 e. The zero-order valence-corrected chi connectivity index (χ0v) is 17.6. The van der Waals surface area contributed by atoms with E-state index in [0.717, 1.165) is 25.7 Å². The van der Waals surface area contributed by atoms with Gasteiger partial charge in [-0.1, -0.05) is 15.9 Å². The third-order valence-electron chi connectivity index (χ3n) is 3.05. The monoisotopic (exact) mass is 548 g/mol. The topological polar surface area (TPSA) is 117 Å². The summed E-state index contributed by atoms with van der Waals surface area (Å²) in [5.74, 6) is -0.623. The Morgan fingerprint density at radius 1 is 1.23 bits per heavy atom. The zero-order chi connectivity index (χ0) is 19.3. The lowest BCUT2D eigenvalue weighted by Crippen LogP contribution is -2.26. The van der Waals surface area contributed by atoms with Gasteiger partial charge in [0.25, 0.3) is 11.6 Å². The molecule has 0 aliphatic heterocycles. The molecule has 0 spiro atoms. The minimum absolute atomic E-state index is 0.0584. The first-order valence-electron chi connectivity index (χ1n) is 6.95. The number of halogens is 3. The maximum atomic E-state index is 11.9. The minimum Gasteiger partial charge on any atom is -0.507 e. The Morgan fingerprint density at radius 3 is 2.50 bits per heavy atom. The van der Waals surface area contributed by atoms with Gasteiger partial charge in [-0.25, -0.2) is 5.43 Å². The van der Waals surface area contributed by atoms with E-state index in [4.69, 9.17) is 0 Å². The molecule has 0 unspecified atom stereocenters. The number of hydrogen-bond acceptors (Lipinski definition) is 6. The number of hydrogen-bond donors (Lipinski definition) is 3. The second-order valence-electron chi connectivity index (χ2n) is 4.89. The number of carbonyl (C=O) groups is 1. The first kappa shape index (κ1) is 20.3.